The third kappa shape index (κ3) is 2.91. The van der Waals surface area contributed by atoms with Gasteiger partial charge in [0, 0.05) is 12.6 Å². The van der Waals surface area contributed by atoms with E-state index >= 15 is 0 Å². The lowest BCUT2D eigenvalue weighted by Gasteiger charge is -2.24. The molecule has 1 heterocycles. The second-order valence-electron chi connectivity index (χ2n) is 4.82. The Bertz CT molecular complexity index is 391. The van der Waals surface area contributed by atoms with E-state index in [0.29, 0.717) is 12.6 Å². The summed E-state index contributed by atoms with van der Waals surface area (Å²) in [4.78, 5) is 14.1. The molecule has 0 radical (unpaired) electrons. The van der Waals surface area contributed by atoms with Crippen molar-refractivity contribution in [1.82, 2.24) is 4.90 Å². The van der Waals surface area contributed by atoms with Gasteiger partial charge in [-0.2, -0.15) is 0 Å². The Kier molecular flexibility index (Phi) is 4.37. The van der Waals surface area contributed by atoms with Gasteiger partial charge < -0.3 is 4.74 Å². The normalized spacial score (nSPS) is 21.8. The lowest BCUT2D eigenvalue weighted by Crippen LogP contribution is -2.27. The molecule has 1 aromatic rings. The molecular formula is C15H21NO2. The van der Waals surface area contributed by atoms with Crippen LogP contribution in [0.3, 0.4) is 0 Å². The molecular weight excluding hydrogens is 226 g/mol. The van der Waals surface area contributed by atoms with Crippen molar-refractivity contribution < 1.29 is 9.53 Å². The summed E-state index contributed by atoms with van der Waals surface area (Å²) in [6, 6.07) is 10.8. The van der Waals surface area contributed by atoms with Crippen LogP contribution in [0.5, 0.6) is 0 Å². The summed E-state index contributed by atoms with van der Waals surface area (Å²) < 4.78 is 5.09. The van der Waals surface area contributed by atoms with Gasteiger partial charge in [-0.25, -0.2) is 0 Å². The highest BCUT2D eigenvalue weighted by atomic mass is 16.5. The molecule has 1 fully saturated rings. The van der Waals surface area contributed by atoms with Crippen molar-refractivity contribution in [2.75, 3.05) is 19.7 Å². The molecule has 0 bridgehead atoms. The van der Waals surface area contributed by atoms with Gasteiger partial charge >= 0.3 is 5.97 Å². The molecule has 0 spiro atoms. The van der Waals surface area contributed by atoms with Gasteiger partial charge in [0.15, 0.2) is 0 Å². The summed E-state index contributed by atoms with van der Waals surface area (Å²) in [5.74, 6) is 0.0105. The molecule has 0 aliphatic carbocycles. The van der Waals surface area contributed by atoms with Gasteiger partial charge in [0.25, 0.3) is 0 Å². The monoisotopic (exact) mass is 247 g/mol. The molecule has 3 heteroatoms. The van der Waals surface area contributed by atoms with Crippen molar-refractivity contribution >= 4 is 5.97 Å². The first kappa shape index (κ1) is 13.1. The van der Waals surface area contributed by atoms with E-state index in [0.717, 1.165) is 19.5 Å². The SMILES string of the molecule is CCOC(=O)[C@@H]1CCN([C@H](C)c2ccccc2)C1. The van der Waals surface area contributed by atoms with Gasteiger partial charge in [-0.3, -0.25) is 9.69 Å². The second-order valence-corrected chi connectivity index (χ2v) is 4.82. The summed E-state index contributed by atoms with van der Waals surface area (Å²) in [7, 11) is 0. The first-order valence-electron chi connectivity index (χ1n) is 6.68. The van der Waals surface area contributed by atoms with E-state index in [1.54, 1.807) is 0 Å². The molecule has 1 aliphatic heterocycles. The molecule has 0 aromatic heterocycles. The fourth-order valence-electron chi connectivity index (χ4n) is 2.53. The molecule has 18 heavy (non-hydrogen) atoms. The minimum atomic E-state index is -0.0414. The van der Waals surface area contributed by atoms with Crippen molar-refractivity contribution in [3.8, 4) is 0 Å². The van der Waals surface area contributed by atoms with Crippen LogP contribution < -0.4 is 0 Å². The highest BCUT2D eigenvalue weighted by Gasteiger charge is 2.31. The molecule has 1 saturated heterocycles. The zero-order valence-corrected chi connectivity index (χ0v) is 11.1. The minimum absolute atomic E-state index is 0.0414. The number of nitrogens with zero attached hydrogens (tertiary/aromatic N) is 1. The first-order valence-corrected chi connectivity index (χ1v) is 6.68. The van der Waals surface area contributed by atoms with Crippen LogP contribution in [0.15, 0.2) is 30.3 Å². The molecule has 0 saturated carbocycles. The predicted octanol–water partition coefficient (Wildman–Crippen LogP) is 2.63. The van der Waals surface area contributed by atoms with E-state index in [9.17, 15) is 4.79 Å². The lowest BCUT2D eigenvalue weighted by atomic mass is 10.1. The topological polar surface area (TPSA) is 29.5 Å². The smallest absolute Gasteiger partial charge is 0.310 e. The molecule has 0 unspecified atom stereocenters. The van der Waals surface area contributed by atoms with Gasteiger partial charge in [0.05, 0.1) is 12.5 Å². The number of ether oxygens (including phenoxy) is 1. The molecule has 1 aromatic carbocycles. The number of benzene rings is 1. The third-order valence-electron chi connectivity index (χ3n) is 3.67. The largest absolute Gasteiger partial charge is 0.466 e. The molecule has 0 N–H and O–H groups in total. The lowest BCUT2D eigenvalue weighted by molar-refractivity contribution is -0.147. The maximum Gasteiger partial charge on any atom is 0.310 e. The van der Waals surface area contributed by atoms with Crippen LogP contribution in [-0.4, -0.2) is 30.6 Å². The standard InChI is InChI=1S/C15H21NO2/c1-3-18-15(17)14-9-10-16(11-14)12(2)13-7-5-4-6-8-13/h4-8,12,14H,3,9-11H2,1-2H3/t12-,14-/m1/s1. The minimum Gasteiger partial charge on any atom is -0.466 e. The molecule has 2 rings (SSSR count). The maximum atomic E-state index is 11.7. The van der Waals surface area contributed by atoms with Crippen LogP contribution >= 0.6 is 0 Å². The first-order chi connectivity index (χ1) is 8.72. The maximum absolute atomic E-state index is 11.7. The number of carbonyl (C=O) groups excluding carboxylic acids is 1. The van der Waals surface area contributed by atoms with Crippen LogP contribution in [0.1, 0.15) is 31.9 Å². The number of carbonyl (C=O) groups is 1. The summed E-state index contributed by atoms with van der Waals surface area (Å²) in [6.45, 7) is 6.32. The summed E-state index contributed by atoms with van der Waals surface area (Å²) in [5, 5.41) is 0. The zero-order valence-electron chi connectivity index (χ0n) is 11.1. The Morgan fingerprint density at radius 2 is 2.17 bits per heavy atom. The molecule has 0 amide bonds. The Balaban J connectivity index is 1.94. The predicted molar refractivity (Wildman–Crippen MR) is 71.2 cm³/mol. The summed E-state index contributed by atoms with van der Waals surface area (Å²) in [5.41, 5.74) is 1.31. The van der Waals surface area contributed by atoms with E-state index in [4.69, 9.17) is 4.74 Å². The van der Waals surface area contributed by atoms with Crippen LogP contribution in [0.4, 0.5) is 0 Å². The van der Waals surface area contributed by atoms with Gasteiger partial charge in [-0.15, -0.1) is 0 Å². The number of likely N-dealkylation sites (tertiary alicyclic amines) is 1. The van der Waals surface area contributed by atoms with E-state index in [2.05, 4.69) is 36.1 Å². The quantitative estimate of drug-likeness (QED) is 0.766. The Morgan fingerprint density at radius 3 is 2.83 bits per heavy atom. The molecule has 2 atom stereocenters. The summed E-state index contributed by atoms with van der Waals surface area (Å²) >= 11 is 0. The van der Waals surface area contributed by atoms with E-state index in [1.807, 2.05) is 13.0 Å². The van der Waals surface area contributed by atoms with Gasteiger partial charge in [-0.1, -0.05) is 30.3 Å². The van der Waals surface area contributed by atoms with Crippen molar-refractivity contribution in [3.05, 3.63) is 35.9 Å². The average molecular weight is 247 g/mol. The van der Waals surface area contributed by atoms with Crippen molar-refractivity contribution in [3.63, 3.8) is 0 Å². The Morgan fingerprint density at radius 1 is 1.44 bits per heavy atom. The van der Waals surface area contributed by atoms with Crippen LogP contribution in [-0.2, 0) is 9.53 Å². The Hall–Kier alpha value is -1.35. The summed E-state index contributed by atoms with van der Waals surface area (Å²) in [6.07, 6.45) is 0.913. The number of rotatable bonds is 4. The molecule has 1 aliphatic rings. The van der Waals surface area contributed by atoms with Crippen molar-refractivity contribution in [2.24, 2.45) is 5.92 Å². The van der Waals surface area contributed by atoms with Crippen LogP contribution in [0, 0.1) is 5.92 Å². The highest BCUT2D eigenvalue weighted by Crippen LogP contribution is 2.27. The molecule has 98 valence electrons. The Labute approximate surface area is 109 Å². The van der Waals surface area contributed by atoms with Gasteiger partial charge in [0.1, 0.15) is 0 Å². The number of hydrogen-bond donors (Lipinski definition) is 0. The average Bonchev–Trinajstić information content (AvgIpc) is 2.89. The zero-order chi connectivity index (χ0) is 13.0. The fraction of sp³-hybridized carbons (Fsp3) is 0.533. The van der Waals surface area contributed by atoms with E-state index in [-0.39, 0.29) is 11.9 Å². The van der Waals surface area contributed by atoms with Gasteiger partial charge in [0.2, 0.25) is 0 Å². The van der Waals surface area contributed by atoms with Crippen molar-refractivity contribution in [1.29, 1.82) is 0 Å². The van der Waals surface area contributed by atoms with Crippen LogP contribution in [0.25, 0.3) is 0 Å². The van der Waals surface area contributed by atoms with E-state index < -0.39 is 0 Å². The number of esters is 1. The third-order valence-corrected chi connectivity index (χ3v) is 3.67. The molecule has 3 nitrogen and oxygen atoms in total. The highest BCUT2D eigenvalue weighted by molar-refractivity contribution is 5.73. The fourth-order valence-corrected chi connectivity index (χ4v) is 2.53. The number of hydrogen-bond acceptors (Lipinski definition) is 3. The van der Waals surface area contributed by atoms with E-state index in [1.165, 1.54) is 5.56 Å². The van der Waals surface area contributed by atoms with Crippen molar-refractivity contribution in [2.45, 2.75) is 26.3 Å². The van der Waals surface area contributed by atoms with Crippen LogP contribution in [0.2, 0.25) is 0 Å². The second kappa shape index (κ2) is 6.01. The van der Waals surface area contributed by atoms with Gasteiger partial charge in [-0.05, 0) is 32.4 Å².